The third-order valence-electron chi connectivity index (χ3n) is 4.96. The summed E-state index contributed by atoms with van der Waals surface area (Å²) in [7, 11) is 1.60. The highest BCUT2D eigenvalue weighted by molar-refractivity contribution is 6.30. The second-order valence-corrected chi connectivity index (χ2v) is 7.30. The molecule has 158 valence electrons. The Hall–Kier alpha value is -2.99. The summed E-state index contributed by atoms with van der Waals surface area (Å²) in [6, 6.07) is 13.7. The number of hydrogen-bond donors (Lipinski definition) is 1. The minimum Gasteiger partial charge on any atom is -0.487 e. The summed E-state index contributed by atoms with van der Waals surface area (Å²) in [6.07, 6.45) is 0.884. The molecule has 0 aliphatic carbocycles. The zero-order chi connectivity index (χ0) is 21.7. The number of ether oxygens (including phenoxy) is 2. The van der Waals surface area contributed by atoms with Gasteiger partial charge in [0.1, 0.15) is 12.4 Å². The van der Waals surface area contributed by atoms with E-state index >= 15 is 0 Å². The van der Waals surface area contributed by atoms with E-state index in [4.69, 9.17) is 21.1 Å². The Balaban J connectivity index is 2.01. The summed E-state index contributed by atoms with van der Waals surface area (Å²) >= 11 is 6.00. The lowest BCUT2D eigenvalue weighted by atomic mass is 9.95. The number of urea groups is 1. The largest absolute Gasteiger partial charge is 0.487 e. The topological polar surface area (TPSA) is 67.9 Å². The smallest absolute Gasteiger partial charge is 0.338 e. The molecule has 0 spiro atoms. The molecule has 0 fully saturated rings. The summed E-state index contributed by atoms with van der Waals surface area (Å²) in [4.78, 5) is 26.9. The summed E-state index contributed by atoms with van der Waals surface area (Å²) in [5.41, 5.74) is 2.67. The third-order valence-corrected chi connectivity index (χ3v) is 5.21. The van der Waals surface area contributed by atoms with Crippen LogP contribution >= 0.6 is 11.6 Å². The number of benzene rings is 2. The van der Waals surface area contributed by atoms with Crippen LogP contribution in [0.3, 0.4) is 0 Å². The van der Waals surface area contributed by atoms with Gasteiger partial charge in [-0.15, -0.1) is 0 Å². The molecule has 2 aromatic carbocycles. The second-order valence-electron chi connectivity index (χ2n) is 6.86. The maximum Gasteiger partial charge on any atom is 0.338 e. The van der Waals surface area contributed by atoms with Crippen LogP contribution in [-0.2, 0) is 16.0 Å². The van der Waals surface area contributed by atoms with Gasteiger partial charge in [0.15, 0.2) is 0 Å². The molecule has 0 radical (unpaired) electrons. The predicted molar refractivity (Wildman–Crippen MR) is 115 cm³/mol. The first-order chi connectivity index (χ1) is 14.4. The minimum absolute atomic E-state index is 0.0509. The first-order valence-corrected chi connectivity index (χ1v) is 10.2. The first kappa shape index (κ1) is 21.7. The van der Waals surface area contributed by atoms with Crippen molar-refractivity contribution in [1.29, 1.82) is 0 Å². The average Bonchev–Trinajstić information content (AvgIpc) is 2.75. The summed E-state index contributed by atoms with van der Waals surface area (Å²) < 4.78 is 11.3. The van der Waals surface area contributed by atoms with Crippen molar-refractivity contribution in [2.75, 3.05) is 20.3 Å². The highest BCUT2D eigenvalue weighted by Crippen LogP contribution is 2.32. The van der Waals surface area contributed by atoms with Crippen molar-refractivity contribution in [1.82, 2.24) is 10.2 Å². The standard InChI is InChI=1S/C23H25ClN2O4/c1-4-15-7-6-8-18(13-15)30-14-19-20(22(27)29-5-2)21(25-23(28)26(19)3)16-9-11-17(24)12-10-16/h6-13,21H,4-5,14H2,1-3H3,(H,25,28). The predicted octanol–water partition coefficient (Wildman–Crippen LogP) is 4.49. The van der Waals surface area contributed by atoms with Gasteiger partial charge in [0, 0.05) is 12.1 Å². The lowest BCUT2D eigenvalue weighted by molar-refractivity contribution is -0.139. The fraction of sp³-hybridized carbons (Fsp3) is 0.304. The van der Waals surface area contributed by atoms with Crippen molar-refractivity contribution >= 4 is 23.6 Å². The fourth-order valence-electron chi connectivity index (χ4n) is 3.29. The van der Waals surface area contributed by atoms with Crippen LogP contribution in [0.5, 0.6) is 5.75 Å². The van der Waals surface area contributed by atoms with Crippen LogP contribution in [0.25, 0.3) is 0 Å². The quantitative estimate of drug-likeness (QED) is 0.659. The van der Waals surface area contributed by atoms with Gasteiger partial charge in [0.05, 0.1) is 23.9 Å². The molecule has 7 heteroatoms. The highest BCUT2D eigenvalue weighted by Gasteiger charge is 2.37. The lowest BCUT2D eigenvalue weighted by Gasteiger charge is -2.34. The molecule has 0 aromatic heterocycles. The Labute approximate surface area is 181 Å². The number of carbonyl (C=O) groups is 2. The molecule has 0 saturated carbocycles. The van der Waals surface area contributed by atoms with E-state index in [2.05, 4.69) is 12.2 Å². The number of carbonyl (C=O) groups excluding carboxylic acids is 2. The number of nitrogens with one attached hydrogen (secondary N) is 1. The van der Waals surface area contributed by atoms with E-state index in [1.54, 1.807) is 38.2 Å². The molecule has 3 rings (SSSR count). The third kappa shape index (κ3) is 4.76. The maximum absolute atomic E-state index is 12.9. The molecule has 30 heavy (non-hydrogen) atoms. The van der Waals surface area contributed by atoms with Gasteiger partial charge in [-0.1, -0.05) is 42.8 Å². The van der Waals surface area contributed by atoms with E-state index in [-0.39, 0.29) is 19.2 Å². The Kier molecular flexibility index (Phi) is 7.00. The van der Waals surface area contributed by atoms with E-state index in [0.717, 1.165) is 17.5 Å². The van der Waals surface area contributed by atoms with Crippen LogP contribution in [0.4, 0.5) is 4.79 Å². The molecule has 1 aliphatic heterocycles. The van der Waals surface area contributed by atoms with Gasteiger partial charge in [-0.3, -0.25) is 4.90 Å². The zero-order valence-electron chi connectivity index (χ0n) is 17.3. The number of nitrogens with zero attached hydrogens (tertiary/aromatic N) is 1. The first-order valence-electron chi connectivity index (χ1n) is 9.86. The molecule has 6 nitrogen and oxygen atoms in total. The minimum atomic E-state index is -0.661. The van der Waals surface area contributed by atoms with E-state index in [0.29, 0.717) is 22.0 Å². The van der Waals surface area contributed by atoms with Gasteiger partial charge in [-0.05, 0) is 48.7 Å². The van der Waals surface area contributed by atoms with Crippen LogP contribution in [0.1, 0.15) is 31.0 Å². The van der Waals surface area contributed by atoms with Crippen LogP contribution in [0.2, 0.25) is 5.02 Å². The normalized spacial score (nSPS) is 16.3. The van der Waals surface area contributed by atoms with E-state index in [1.165, 1.54) is 4.90 Å². The molecular weight excluding hydrogens is 404 g/mol. The fourth-order valence-corrected chi connectivity index (χ4v) is 3.42. The van der Waals surface area contributed by atoms with Crippen LogP contribution in [0.15, 0.2) is 59.8 Å². The number of esters is 1. The van der Waals surface area contributed by atoms with E-state index in [9.17, 15) is 9.59 Å². The Morgan fingerprint density at radius 3 is 2.57 bits per heavy atom. The molecule has 1 unspecified atom stereocenters. The molecule has 1 N–H and O–H groups in total. The highest BCUT2D eigenvalue weighted by atomic mass is 35.5. The van der Waals surface area contributed by atoms with Crippen molar-refractivity contribution in [3.8, 4) is 5.75 Å². The van der Waals surface area contributed by atoms with Crippen molar-refractivity contribution in [2.24, 2.45) is 0 Å². The summed E-state index contributed by atoms with van der Waals surface area (Å²) in [5, 5.41) is 3.44. The van der Waals surface area contributed by atoms with Crippen molar-refractivity contribution in [3.63, 3.8) is 0 Å². The molecule has 1 aliphatic rings. The molecule has 0 saturated heterocycles. The van der Waals surface area contributed by atoms with E-state index in [1.807, 2.05) is 24.3 Å². The molecule has 2 aromatic rings. The van der Waals surface area contributed by atoms with Gasteiger partial charge in [-0.2, -0.15) is 0 Å². The van der Waals surface area contributed by atoms with Gasteiger partial charge < -0.3 is 14.8 Å². The summed E-state index contributed by atoms with van der Waals surface area (Å²) in [5.74, 6) is 0.178. The number of amides is 2. The molecule has 1 heterocycles. The van der Waals surface area contributed by atoms with Gasteiger partial charge in [0.25, 0.3) is 0 Å². The summed E-state index contributed by atoms with van der Waals surface area (Å²) in [6.45, 7) is 4.08. The van der Waals surface area contributed by atoms with Crippen LogP contribution in [-0.4, -0.2) is 37.2 Å². The molecular formula is C23H25ClN2O4. The molecule has 0 bridgehead atoms. The van der Waals surface area contributed by atoms with Crippen molar-refractivity contribution in [2.45, 2.75) is 26.3 Å². The molecule has 1 atom stereocenters. The monoisotopic (exact) mass is 428 g/mol. The number of hydrogen-bond acceptors (Lipinski definition) is 4. The van der Waals surface area contributed by atoms with Gasteiger partial charge in [-0.25, -0.2) is 9.59 Å². The average molecular weight is 429 g/mol. The second kappa shape index (κ2) is 9.67. The zero-order valence-corrected chi connectivity index (χ0v) is 18.0. The van der Waals surface area contributed by atoms with E-state index < -0.39 is 12.0 Å². The van der Waals surface area contributed by atoms with Crippen molar-refractivity contribution in [3.05, 3.63) is 76.0 Å². The number of aryl methyl sites for hydroxylation is 1. The number of rotatable bonds is 7. The maximum atomic E-state index is 12.9. The number of likely N-dealkylation sites (N-methyl/N-ethyl adjacent to an activating group) is 1. The molecule has 2 amide bonds. The number of halogens is 1. The Morgan fingerprint density at radius 2 is 1.90 bits per heavy atom. The lowest BCUT2D eigenvalue weighted by Crippen LogP contribution is -2.48. The SMILES string of the molecule is CCOC(=O)C1=C(COc2cccc(CC)c2)N(C)C(=O)NC1c1ccc(Cl)cc1. The van der Waals surface area contributed by atoms with Gasteiger partial charge >= 0.3 is 12.0 Å². The van der Waals surface area contributed by atoms with Crippen LogP contribution < -0.4 is 10.1 Å². The Morgan fingerprint density at radius 1 is 1.17 bits per heavy atom. The Bertz CT molecular complexity index is 956. The van der Waals surface area contributed by atoms with Crippen molar-refractivity contribution < 1.29 is 19.1 Å². The van der Waals surface area contributed by atoms with Crippen LogP contribution in [0, 0.1) is 0 Å². The van der Waals surface area contributed by atoms with Gasteiger partial charge in [0.2, 0.25) is 0 Å².